The molecular weight excluding hydrogens is 312 g/mol. The second kappa shape index (κ2) is 8.67. The van der Waals surface area contributed by atoms with Gasteiger partial charge in [0, 0.05) is 31.6 Å². The maximum Gasteiger partial charge on any atom is 0.224 e. The van der Waals surface area contributed by atoms with Crippen LogP contribution in [0.2, 0.25) is 0 Å². The van der Waals surface area contributed by atoms with E-state index < -0.39 is 0 Å². The highest BCUT2D eigenvalue weighted by molar-refractivity contribution is 5.85. The van der Waals surface area contributed by atoms with E-state index in [9.17, 15) is 4.79 Å². The normalized spacial score (nSPS) is 24.3. The van der Waals surface area contributed by atoms with E-state index in [-0.39, 0.29) is 24.4 Å². The molecule has 0 aromatic heterocycles. The number of nitrogens with zero attached hydrogens (tertiary/aromatic N) is 1. The van der Waals surface area contributed by atoms with Crippen molar-refractivity contribution in [3.8, 4) is 0 Å². The molecule has 1 aromatic carbocycles. The highest BCUT2D eigenvalue weighted by Gasteiger charge is 2.30. The number of ether oxygens (including phenoxy) is 1. The highest BCUT2D eigenvalue weighted by atomic mass is 35.5. The Bertz CT molecular complexity index is 500. The molecule has 128 valence electrons. The molecule has 0 aliphatic carbocycles. The van der Waals surface area contributed by atoms with Gasteiger partial charge in [0.05, 0.1) is 13.2 Å². The SMILES string of the molecule is Cc1ccc(CC2CCCN2C(=O)CC2COCCN2)cc1.Cl. The zero-order valence-corrected chi connectivity index (χ0v) is 14.6. The smallest absolute Gasteiger partial charge is 0.224 e. The molecule has 0 spiro atoms. The summed E-state index contributed by atoms with van der Waals surface area (Å²) < 4.78 is 5.45. The van der Waals surface area contributed by atoms with Crippen LogP contribution in [0.5, 0.6) is 0 Å². The van der Waals surface area contributed by atoms with Crippen molar-refractivity contribution in [2.45, 2.75) is 44.7 Å². The monoisotopic (exact) mass is 338 g/mol. The zero-order chi connectivity index (χ0) is 15.4. The fraction of sp³-hybridized carbons (Fsp3) is 0.611. The van der Waals surface area contributed by atoms with Crippen LogP contribution < -0.4 is 5.32 Å². The minimum Gasteiger partial charge on any atom is -0.378 e. The first-order chi connectivity index (χ1) is 10.7. The number of benzene rings is 1. The Hall–Kier alpha value is -1.10. The molecule has 2 aliphatic rings. The van der Waals surface area contributed by atoms with Crippen LogP contribution in [0.3, 0.4) is 0 Å². The Morgan fingerprint density at radius 3 is 2.83 bits per heavy atom. The van der Waals surface area contributed by atoms with E-state index >= 15 is 0 Å². The van der Waals surface area contributed by atoms with Crippen molar-refractivity contribution >= 4 is 18.3 Å². The molecular formula is C18H27ClN2O2. The highest BCUT2D eigenvalue weighted by Crippen LogP contribution is 2.22. The zero-order valence-electron chi connectivity index (χ0n) is 13.8. The third kappa shape index (κ3) is 4.93. The van der Waals surface area contributed by atoms with Crippen molar-refractivity contribution in [1.29, 1.82) is 0 Å². The van der Waals surface area contributed by atoms with Crippen molar-refractivity contribution in [3.05, 3.63) is 35.4 Å². The van der Waals surface area contributed by atoms with Gasteiger partial charge in [0.25, 0.3) is 0 Å². The Morgan fingerprint density at radius 2 is 2.13 bits per heavy atom. The van der Waals surface area contributed by atoms with Crippen molar-refractivity contribution in [1.82, 2.24) is 10.2 Å². The quantitative estimate of drug-likeness (QED) is 0.916. The largest absolute Gasteiger partial charge is 0.378 e. The summed E-state index contributed by atoms with van der Waals surface area (Å²) in [5, 5.41) is 3.37. The summed E-state index contributed by atoms with van der Waals surface area (Å²) in [6.07, 6.45) is 3.77. The van der Waals surface area contributed by atoms with Crippen LogP contribution in [0.25, 0.3) is 0 Å². The van der Waals surface area contributed by atoms with Crippen LogP contribution >= 0.6 is 12.4 Å². The molecule has 2 atom stereocenters. The van der Waals surface area contributed by atoms with E-state index in [1.54, 1.807) is 0 Å². The maximum absolute atomic E-state index is 12.6. The molecule has 2 unspecified atom stereocenters. The van der Waals surface area contributed by atoms with Crippen molar-refractivity contribution < 1.29 is 9.53 Å². The van der Waals surface area contributed by atoms with Gasteiger partial charge in [0.15, 0.2) is 0 Å². The molecule has 5 heteroatoms. The maximum atomic E-state index is 12.6. The number of carbonyl (C=O) groups is 1. The van der Waals surface area contributed by atoms with Crippen LogP contribution in [0.15, 0.2) is 24.3 Å². The van der Waals surface area contributed by atoms with Crippen LogP contribution in [0, 0.1) is 6.92 Å². The van der Waals surface area contributed by atoms with Gasteiger partial charge in [-0.25, -0.2) is 0 Å². The van der Waals surface area contributed by atoms with Gasteiger partial charge in [-0.05, 0) is 31.7 Å². The average Bonchev–Trinajstić information content (AvgIpc) is 2.99. The molecule has 0 bridgehead atoms. The number of amides is 1. The molecule has 3 rings (SSSR count). The lowest BCUT2D eigenvalue weighted by Crippen LogP contribution is -2.46. The molecule has 2 saturated heterocycles. The van der Waals surface area contributed by atoms with E-state index in [0.29, 0.717) is 19.1 Å². The molecule has 1 aromatic rings. The Kier molecular flexibility index (Phi) is 6.88. The number of carbonyl (C=O) groups excluding carboxylic acids is 1. The summed E-state index contributed by atoms with van der Waals surface area (Å²) in [4.78, 5) is 14.7. The van der Waals surface area contributed by atoms with Gasteiger partial charge in [-0.15, -0.1) is 12.4 Å². The van der Waals surface area contributed by atoms with Gasteiger partial charge in [-0.1, -0.05) is 29.8 Å². The van der Waals surface area contributed by atoms with Gasteiger partial charge in [-0.2, -0.15) is 0 Å². The average molecular weight is 339 g/mol. The minimum atomic E-state index is 0. The van der Waals surface area contributed by atoms with E-state index in [4.69, 9.17) is 4.74 Å². The van der Waals surface area contributed by atoms with Gasteiger partial charge in [-0.3, -0.25) is 4.79 Å². The standard InChI is InChI=1S/C18H26N2O2.ClH/c1-14-4-6-15(7-5-14)11-17-3-2-9-20(17)18(21)12-16-13-22-10-8-19-16;/h4-7,16-17,19H,2-3,8-13H2,1H3;1H. The summed E-state index contributed by atoms with van der Waals surface area (Å²) >= 11 is 0. The van der Waals surface area contributed by atoms with Crippen molar-refractivity contribution in [2.75, 3.05) is 26.3 Å². The minimum absolute atomic E-state index is 0. The lowest BCUT2D eigenvalue weighted by Gasteiger charge is -2.29. The van der Waals surface area contributed by atoms with Crippen LogP contribution in [0.4, 0.5) is 0 Å². The first-order valence-electron chi connectivity index (χ1n) is 8.38. The third-order valence-electron chi connectivity index (χ3n) is 4.71. The summed E-state index contributed by atoms with van der Waals surface area (Å²) in [5.74, 6) is 0.276. The number of rotatable bonds is 4. The lowest BCUT2D eigenvalue weighted by atomic mass is 10.0. The number of nitrogens with one attached hydrogen (secondary N) is 1. The van der Waals surface area contributed by atoms with Gasteiger partial charge < -0.3 is 15.0 Å². The van der Waals surface area contributed by atoms with Crippen LogP contribution in [-0.2, 0) is 16.0 Å². The third-order valence-corrected chi connectivity index (χ3v) is 4.71. The molecule has 1 amide bonds. The first kappa shape index (κ1) is 18.2. The van der Waals surface area contributed by atoms with Gasteiger partial charge >= 0.3 is 0 Å². The predicted molar refractivity (Wildman–Crippen MR) is 94.1 cm³/mol. The number of halogens is 1. The number of aryl methyl sites for hydroxylation is 1. The van der Waals surface area contributed by atoms with E-state index in [2.05, 4.69) is 41.4 Å². The molecule has 2 fully saturated rings. The molecule has 2 aliphatic heterocycles. The summed E-state index contributed by atoms with van der Waals surface area (Å²) in [6, 6.07) is 9.22. The molecule has 23 heavy (non-hydrogen) atoms. The second-order valence-electron chi connectivity index (χ2n) is 6.50. The van der Waals surface area contributed by atoms with E-state index in [0.717, 1.165) is 39.0 Å². The fourth-order valence-electron chi connectivity index (χ4n) is 3.45. The molecule has 0 saturated carbocycles. The molecule has 2 heterocycles. The number of hydrogen-bond donors (Lipinski definition) is 1. The van der Waals surface area contributed by atoms with E-state index in [1.807, 2.05) is 0 Å². The van der Waals surface area contributed by atoms with Gasteiger partial charge in [0.1, 0.15) is 0 Å². The number of morpholine rings is 1. The number of likely N-dealkylation sites (tertiary alicyclic amines) is 1. The Morgan fingerprint density at radius 1 is 1.35 bits per heavy atom. The summed E-state index contributed by atoms with van der Waals surface area (Å²) in [7, 11) is 0. The number of hydrogen-bond acceptors (Lipinski definition) is 3. The second-order valence-corrected chi connectivity index (χ2v) is 6.50. The topological polar surface area (TPSA) is 41.6 Å². The van der Waals surface area contributed by atoms with E-state index in [1.165, 1.54) is 11.1 Å². The lowest BCUT2D eigenvalue weighted by molar-refractivity contribution is -0.133. The molecule has 4 nitrogen and oxygen atoms in total. The summed E-state index contributed by atoms with van der Waals surface area (Å²) in [5.41, 5.74) is 2.61. The molecule has 1 N–H and O–H groups in total. The van der Waals surface area contributed by atoms with Crippen LogP contribution in [0.1, 0.15) is 30.4 Å². The Labute approximate surface area is 145 Å². The predicted octanol–water partition coefficient (Wildman–Crippen LogP) is 2.33. The first-order valence-corrected chi connectivity index (χ1v) is 8.38. The van der Waals surface area contributed by atoms with Gasteiger partial charge in [0.2, 0.25) is 5.91 Å². The molecule has 0 radical (unpaired) electrons. The van der Waals surface area contributed by atoms with Crippen LogP contribution in [-0.4, -0.2) is 49.2 Å². The summed E-state index contributed by atoms with van der Waals surface area (Å²) in [6.45, 7) is 5.27. The Balaban J connectivity index is 0.00000192. The fourth-order valence-corrected chi connectivity index (χ4v) is 3.45. The van der Waals surface area contributed by atoms with Crippen molar-refractivity contribution in [3.63, 3.8) is 0 Å². The van der Waals surface area contributed by atoms with Crippen molar-refractivity contribution in [2.24, 2.45) is 0 Å².